The van der Waals surface area contributed by atoms with Crippen LogP contribution >= 0.6 is 23.4 Å². The summed E-state index contributed by atoms with van der Waals surface area (Å²) in [7, 11) is 1.57. The highest BCUT2D eigenvalue weighted by atomic mass is 35.5. The van der Waals surface area contributed by atoms with E-state index in [1.807, 2.05) is 18.2 Å². The highest BCUT2D eigenvalue weighted by Crippen LogP contribution is 2.35. The van der Waals surface area contributed by atoms with Crippen LogP contribution < -0.4 is 14.8 Å². The number of thioether (sulfide) groups is 1. The zero-order valence-electron chi connectivity index (χ0n) is 13.9. The topological polar surface area (TPSA) is 67.8 Å². The molecule has 8 heteroatoms. The van der Waals surface area contributed by atoms with Crippen LogP contribution in [-0.4, -0.2) is 30.0 Å². The minimum atomic E-state index is -0.856. The summed E-state index contributed by atoms with van der Waals surface area (Å²) < 4.78 is 24.3. The third-order valence-electron chi connectivity index (χ3n) is 3.97. The summed E-state index contributed by atoms with van der Waals surface area (Å²) >= 11 is 7.31. The molecule has 138 valence electrons. The zero-order chi connectivity index (χ0) is 18.7. The molecule has 0 spiro atoms. The molecule has 2 aromatic rings. The summed E-state index contributed by atoms with van der Waals surface area (Å²) in [5.41, 5.74) is 1.74. The number of methoxy groups -OCH3 is 1. The molecule has 1 aliphatic heterocycles. The van der Waals surface area contributed by atoms with Gasteiger partial charge in [-0.25, -0.2) is 4.39 Å². The molecular formula is C18H17ClFNO4S. The standard InChI is InChI=1S/C18H17ClFNO4S/c1-24-16-5-2-10(17-21-15(9-26-17)18(22)23)6-11(16)8-25-12-3-4-14(20)13(19)7-12/h2-7,15,17,21H,8-9H2,1H3,(H,22,23). The van der Waals surface area contributed by atoms with Crippen LogP contribution in [0.15, 0.2) is 36.4 Å². The van der Waals surface area contributed by atoms with Crippen molar-refractivity contribution >= 4 is 29.3 Å². The molecule has 2 aromatic carbocycles. The van der Waals surface area contributed by atoms with Crippen molar-refractivity contribution in [3.63, 3.8) is 0 Å². The molecule has 0 bridgehead atoms. The van der Waals surface area contributed by atoms with Crippen LogP contribution in [-0.2, 0) is 11.4 Å². The lowest BCUT2D eigenvalue weighted by atomic mass is 10.1. The first kappa shape index (κ1) is 18.8. The van der Waals surface area contributed by atoms with E-state index in [0.717, 1.165) is 11.1 Å². The van der Waals surface area contributed by atoms with Crippen LogP contribution in [0.1, 0.15) is 16.5 Å². The van der Waals surface area contributed by atoms with E-state index in [-0.39, 0.29) is 17.0 Å². The number of halogens is 2. The minimum Gasteiger partial charge on any atom is -0.496 e. The van der Waals surface area contributed by atoms with Crippen molar-refractivity contribution in [1.29, 1.82) is 0 Å². The maximum atomic E-state index is 13.2. The number of ether oxygens (including phenoxy) is 2. The summed E-state index contributed by atoms with van der Waals surface area (Å²) in [5.74, 6) is 0.246. The van der Waals surface area contributed by atoms with Crippen molar-refractivity contribution in [2.24, 2.45) is 0 Å². The highest BCUT2D eigenvalue weighted by Gasteiger charge is 2.30. The Bertz CT molecular complexity index is 820. The van der Waals surface area contributed by atoms with Gasteiger partial charge < -0.3 is 14.6 Å². The van der Waals surface area contributed by atoms with Gasteiger partial charge in [-0.2, -0.15) is 0 Å². The molecule has 2 atom stereocenters. The fourth-order valence-corrected chi connectivity index (χ4v) is 4.00. The molecule has 0 aliphatic carbocycles. The maximum absolute atomic E-state index is 13.2. The molecule has 0 amide bonds. The number of rotatable bonds is 6. The molecule has 2 unspecified atom stereocenters. The molecule has 1 heterocycles. The number of hydrogen-bond donors (Lipinski definition) is 2. The fraction of sp³-hybridized carbons (Fsp3) is 0.278. The summed E-state index contributed by atoms with van der Waals surface area (Å²) in [6, 6.07) is 9.24. The molecule has 3 rings (SSSR count). The van der Waals surface area contributed by atoms with E-state index >= 15 is 0 Å². The van der Waals surface area contributed by atoms with Crippen molar-refractivity contribution in [2.45, 2.75) is 18.0 Å². The maximum Gasteiger partial charge on any atom is 0.321 e. The summed E-state index contributed by atoms with van der Waals surface area (Å²) in [5, 5.41) is 12.1. The fourth-order valence-electron chi connectivity index (χ4n) is 2.61. The van der Waals surface area contributed by atoms with Crippen molar-refractivity contribution in [2.75, 3.05) is 12.9 Å². The van der Waals surface area contributed by atoms with Crippen LogP contribution in [0, 0.1) is 5.82 Å². The van der Waals surface area contributed by atoms with E-state index in [4.69, 9.17) is 26.2 Å². The molecule has 26 heavy (non-hydrogen) atoms. The van der Waals surface area contributed by atoms with Crippen molar-refractivity contribution in [1.82, 2.24) is 5.32 Å². The van der Waals surface area contributed by atoms with Gasteiger partial charge in [0.25, 0.3) is 0 Å². The van der Waals surface area contributed by atoms with Gasteiger partial charge in [-0.15, -0.1) is 11.8 Å². The molecule has 2 N–H and O–H groups in total. The zero-order valence-corrected chi connectivity index (χ0v) is 15.4. The summed E-state index contributed by atoms with van der Waals surface area (Å²) in [6.07, 6.45) is 0. The largest absolute Gasteiger partial charge is 0.496 e. The third-order valence-corrected chi connectivity index (χ3v) is 5.53. The SMILES string of the molecule is COc1ccc(C2NC(C(=O)O)CS2)cc1COc1ccc(F)c(Cl)c1. The van der Waals surface area contributed by atoms with E-state index in [1.54, 1.807) is 7.11 Å². The molecule has 5 nitrogen and oxygen atoms in total. The number of carboxylic acids is 1. The number of carboxylic acid groups (broad SMARTS) is 1. The second kappa shape index (κ2) is 8.16. The Morgan fingerprint density at radius 1 is 1.38 bits per heavy atom. The quantitative estimate of drug-likeness (QED) is 0.771. The summed E-state index contributed by atoms with van der Waals surface area (Å²) in [6.45, 7) is 0.207. The van der Waals surface area contributed by atoms with E-state index in [9.17, 15) is 9.18 Å². The molecule has 0 aromatic heterocycles. The Balaban J connectivity index is 1.75. The number of nitrogens with one attached hydrogen (secondary N) is 1. The number of carbonyl (C=O) groups is 1. The number of hydrogen-bond acceptors (Lipinski definition) is 5. The van der Waals surface area contributed by atoms with Crippen LogP contribution in [0.5, 0.6) is 11.5 Å². The molecule has 1 aliphatic rings. The Morgan fingerprint density at radius 3 is 2.85 bits per heavy atom. The lowest BCUT2D eigenvalue weighted by Crippen LogP contribution is -2.33. The average Bonchev–Trinajstić information content (AvgIpc) is 3.13. The Hall–Kier alpha value is -1.96. The van der Waals surface area contributed by atoms with Gasteiger partial charge in [0.2, 0.25) is 0 Å². The van der Waals surface area contributed by atoms with Crippen molar-refractivity contribution < 1.29 is 23.8 Å². The smallest absolute Gasteiger partial charge is 0.321 e. The van der Waals surface area contributed by atoms with Gasteiger partial charge in [-0.1, -0.05) is 17.7 Å². The van der Waals surface area contributed by atoms with E-state index < -0.39 is 17.8 Å². The van der Waals surface area contributed by atoms with Gasteiger partial charge in [0, 0.05) is 17.4 Å². The first-order chi connectivity index (χ1) is 12.5. The van der Waals surface area contributed by atoms with Gasteiger partial charge >= 0.3 is 5.97 Å². The summed E-state index contributed by atoms with van der Waals surface area (Å²) in [4.78, 5) is 11.1. The lowest BCUT2D eigenvalue weighted by Gasteiger charge is -2.16. The van der Waals surface area contributed by atoms with Gasteiger partial charge in [0.1, 0.15) is 30.0 Å². The van der Waals surface area contributed by atoms with Crippen LogP contribution in [0.25, 0.3) is 0 Å². The minimum absolute atomic E-state index is 0.00511. The Kier molecular flexibility index (Phi) is 5.90. The third kappa shape index (κ3) is 4.23. The van der Waals surface area contributed by atoms with Crippen molar-refractivity contribution in [3.8, 4) is 11.5 Å². The van der Waals surface area contributed by atoms with E-state index in [2.05, 4.69) is 5.32 Å². The van der Waals surface area contributed by atoms with Crippen molar-refractivity contribution in [3.05, 3.63) is 58.4 Å². The predicted molar refractivity (Wildman–Crippen MR) is 98.5 cm³/mol. The van der Waals surface area contributed by atoms with E-state index in [1.165, 1.54) is 30.0 Å². The second-order valence-electron chi connectivity index (χ2n) is 5.71. The first-order valence-electron chi connectivity index (χ1n) is 7.83. The second-order valence-corrected chi connectivity index (χ2v) is 7.25. The lowest BCUT2D eigenvalue weighted by molar-refractivity contribution is -0.138. The monoisotopic (exact) mass is 397 g/mol. The predicted octanol–water partition coefficient (Wildman–Crippen LogP) is 3.85. The Labute approximate surface area is 159 Å². The highest BCUT2D eigenvalue weighted by molar-refractivity contribution is 7.99. The van der Waals surface area contributed by atoms with E-state index in [0.29, 0.717) is 17.3 Å². The van der Waals surface area contributed by atoms with Crippen LogP contribution in [0.4, 0.5) is 4.39 Å². The van der Waals surface area contributed by atoms with Gasteiger partial charge in [-0.3, -0.25) is 10.1 Å². The molecular weight excluding hydrogens is 381 g/mol. The molecule has 0 saturated carbocycles. The first-order valence-corrected chi connectivity index (χ1v) is 9.25. The normalized spacial score (nSPS) is 19.3. The van der Waals surface area contributed by atoms with Crippen LogP contribution in [0.3, 0.4) is 0 Å². The number of aliphatic carboxylic acids is 1. The van der Waals surface area contributed by atoms with Gasteiger partial charge in [0.05, 0.1) is 17.5 Å². The average molecular weight is 398 g/mol. The Morgan fingerprint density at radius 2 is 2.19 bits per heavy atom. The molecule has 1 saturated heterocycles. The molecule has 0 radical (unpaired) electrons. The molecule has 1 fully saturated rings. The van der Waals surface area contributed by atoms with Crippen LogP contribution in [0.2, 0.25) is 5.02 Å². The number of benzene rings is 2. The van der Waals surface area contributed by atoms with Gasteiger partial charge in [0.15, 0.2) is 0 Å². The van der Waals surface area contributed by atoms with Gasteiger partial charge in [-0.05, 0) is 29.8 Å².